The molecule has 3 aromatic rings. The fourth-order valence-corrected chi connectivity index (χ4v) is 3.67. The third-order valence-electron chi connectivity index (χ3n) is 5.26. The van der Waals surface area contributed by atoms with E-state index in [2.05, 4.69) is 36.3 Å². The second-order valence-corrected chi connectivity index (χ2v) is 7.74. The Labute approximate surface area is 154 Å². The molecule has 1 saturated carbocycles. The van der Waals surface area contributed by atoms with Crippen molar-refractivity contribution in [1.29, 1.82) is 0 Å². The van der Waals surface area contributed by atoms with Gasteiger partial charge in [0.25, 0.3) is 0 Å². The fourth-order valence-electron chi connectivity index (χ4n) is 3.67. The number of carbonyl (C=O) groups excluding carboxylic acids is 1. The van der Waals surface area contributed by atoms with Crippen molar-refractivity contribution in [2.75, 3.05) is 0 Å². The van der Waals surface area contributed by atoms with E-state index in [9.17, 15) is 4.79 Å². The van der Waals surface area contributed by atoms with E-state index in [4.69, 9.17) is 4.98 Å². The van der Waals surface area contributed by atoms with Gasteiger partial charge < -0.3 is 10.3 Å². The molecular formula is C22H25N3O. The minimum atomic E-state index is -0.359. The predicted octanol–water partition coefficient (Wildman–Crippen LogP) is 4.50. The van der Waals surface area contributed by atoms with Gasteiger partial charge in [0.05, 0.1) is 22.5 Å². The lowest BCUT2D eigenvalue weighted by Crippen LogP contribution is -2.38. The number of carbonyl (C=O) groups is 1. The summed E-state index contributed by atoms with van der Waals surface area (Å²) in [6, 6.07) is 18.0. The highest BCUT2D eigenvalue weighted by Crippen LogP contribution is 2.48. The maximum Gasteiger partial charge on any atom is 0.231 e. The lowest BCUT2D eigenvalue weighted by Gasteiger charge is -2.23. The van der Waals surface area contributed by atoms with E-state index >= 15 is 0 Å². The minimum Gasteiger partial charge on any atom is -0.345 e. The first-order valence-corrected chi connectivity index (χ1v) is 9.40. The van der Waals surface area contributed by atoms with Gasteiger partial charge in [0.2, 0.25) is 5.91 Å². The normalized spacial score (nSPS) is 16.6. The molecule has 1 aromatic heterocycles. The lowest BCUT2D eigenvalue weighted by molar-refractivity contribution is -0.124. The first kappa shape index (κ1) is 16.8. The Morgan fingerprint density at radius 3 is 2.46 bits per heavy atom. The van der Waals surface area contributed by atoms with E-state index in [1.165, 1.54) is 0 Å². The molecule has 0 unspecified atom stereocenters. The van der Waals surface area contributed by atoms with E-state index in [0.29, 0.717) is 5.92 Å². The lowest BCUT2D eigenvalue weighted by atomic mass is 9.94. The van der Waals surface area contributed by atoms with Crippen LogP contribution in [0.4, 0.5) is 0 Å². The van der Waals surface area contributed by atoms with Crippen LogP contribution < -0.4 is 5.32 Å². The van der Waals surface area contributed by atoms with E-state index < -0.39 is 0 Å². The standard InChI is InChI=1S/C22H25N3O/c1-15(2)14-19(20-23-17-10-6-7-11-18(17)24-20)25-21(26)22(12-13-22)16-8-4-3-5-9-16/h3-11,15,19H,12-14H2,1-2H3,(H,23,24)(H,25,26)/t19-/m1/s1. The molecule has 1 heterocycles. The molecule has 0 bridgehead atoms. The van der Waals surface area contributed by atoms with E-state index in [0.717, 1.165) is 41.7 Å². The average molecular weight is 347 g/mol. The molecule has 0 radical (unpaired) electrons. The van der Waals surface area contributed by atoms with E-state index in [1.54, 1.807) is 0 Å². The van der Waals surface area contributed by atoms with Crippen molar-refractivity contribution in [2.45, 2.75) is 44.6 Å². The van der Waals surface area contributed by atoms with Gasteiger partial charge in [-0.15, -0.1) is 0 Å². The van der Waals surface area contributed by atoms with Gasteiger partial charge in [-0.25, -0.2) is 4.98 Å². The van der Waals surface area contributed by atoms with Crippen molar-refractivity contribution in [2.24, 2.45) is 5.92 Å². The second-order valence-electron chi connectivity index (χ2n) is 7.74. The molecule has 1 amide bonds. The van der Waals surface area contributed by atoms with Crippen molar-refractivity contribution in [3.05, 3.63) is 66.0 Å². The Bertz CT molecular complexity index is 876. The Hall–Kier alpha value is -2.62. The summed E-state index contributed by atoms with van der Waals surface area (Å²) >= 11 is 0. The van der Waals surface area contributed by atoms with Crippen LogP contribution in [0.1, 0.15) is 50.5 Å². The molecule has 26 heavy (non-hydrogen) atoms. The highest BCUT2D eigenvalue weighted by molar-refractivity contribution is 5.91. The molecule has 4 nitrogen and oxygen atoms in total. The zero-order valence-electron chi connectivity index (χ0n) is 15.3. The Morgan fingerprint density at radius 2 is 1.81 bits per heavy atom. The first-order chi connectivity index (χ1) is 12.6. The van der Waals surface area contributed by atoms with Crippen molar-refractivity contribution < 1.29 is 4.79 Å². The Kier molecular flexibility index (Phi) is 4.27. The van der Waals surface area contributed by atoms with Crippen LogP contribution in [-0.4, -0.2) is 15.9 Å². The maximum absolute atomic E-state index is 13.2. The molecule has 134 valence electrons. The summed E-state index contributed by atoms with van der Waals surface area (Å²) in [5.41, 5.74) is 2.71. The molecule has 2 N–H and O–H groups in total. The number of nitrogens with zero attached hydrogens (tertiary/aromatic N) is 1. The van der Waals surface area contributed by atoms with Crippen molar-refractivity contribution in [3.63, 3.8) is 0 Å². The summed E-state index contributed by atoms with van der Waals surface area (Å²) in [4.78, 5) is 21.3. The number of rotatable bonds is 6. The molecule has 1 fully saturated rings. The molecule has 1 atom stereocenters. The average Bonchev–Trinajstić information content (AvgIpc) is 3.34. The zero-order chi connectivity index (χ0) is 18.1. The van der Waals surface area contributed by atoms with Crippen LogP contribution in [0.3, 0.4) is 0 Å². The van der Waals surface area contributed by atoms with Crippen molar-refractivity contribution >= 4 is 16.9 Å². The highest BCUT2D eigenvalue weighted by atomic mass is 16.2. The van der Waals surface area contributed by atoms with Gasteiger partial charge in [-0.1, -0.05) is 56.3 Å². The van der Waals surface area contributed by atoms with Crippen LogP contribution >= 0.6 is 0 Å². The first-order valence-electron chi connectivity index (χ1n) is 9.40. The number of hydrogen-bond acceptors (Lipinski definition) is 2. The molecule has 1 aliphatic carbocycles. The topological polar surface area (TPSA) is 57.8 Å². The molecular weight excluding hydrogens is 322 g/mol. The fraction of sp³-hybridized carbons (Fsp3) is 0.364. The Balaban J connectivity index is 1.60. The number of amides is 1. The second kappa shape index (κ2) is 6.60. The summed E-state index contributed by atoms with van der Waals surface area (Å²) in [7, 11) is 0. The molecule has 0 saturated heterocycles. The van der Waals surface area contributed by atoms with Crippen molar-refractivity contribution in [3.8, 4) is 0 Å². The summed E-state index contributed by atoms with van der Waals surface area (Å²) < 4.78 is 0. The molecule has 0 aliphatic heterocycles. The number of imidazole rings is 1. The summed E-state index contributed by atoms with van der Waals surface area (Å²) in [5, 5.41) is 3.29. The summed E-state index contributed by atoms with van der Waals surface area (Å²) in [6.45, 7) is 4.35. The summed E-state index contributed by atoms with van der Waals surface area (Å²) in [5.74, 6) is 1.42. The number of benzene rings is 2. The van der Waals surface area contributed by atoms with Gasteiger partial charge in [0, 0.05) is 0 Å². The van der Waals surface area contributed by atoms with Gasteiger partial charge in [0.1, 0.15) is 5.82 Å². The number of nitrogens with one attached hydrogen (secondary N) is 2. The number of fused-ring (bicyclic) bond motifs is 1. The maximum atomic E-state index is 13.2. The summed E-state index contributed by atoms with van der Waals surface area (Å²) in [6.07, 6.45) is 2.69. The van der Waals surface area contributed by atoms with Crippen LogP contribution in [0.15, 0.2) is 54.6 Å². The monoisotopic (exact) mass is 347 g/mol. The quantitative estimate of drug-likeness (QED) is 0.690. The molecule has 4 rings (SSSR count). The van der Waals surface area contributed by atoms with Crippen molar-refractivity contribution in [1.82, 2.24) is 15.3 Å². The van der Waals surface area contributed by atoms with Gasteiger partial charge in [-0.05, 0) is 42.9 Å². The van der Waals surface area contributed by atoms with Gasteiger partial charge in [-0.3, -0.25) is 4.79 Å². The number of para-hydroxylation sites is 2. The molecule has 0 spiro atoms. The number of aromatic amines is 1. The molecule has 1 aliphatic rings. The number of H-pyrrole nitrogens is 1. The largest absolute Gasteiger partial charge is 0.345 e. The number of hydrogen-bond donors (Lipinski definition) is 2. The predicted molar refractivity (Wildman–Crippen MR) is 104 cm³/mol. The smallest absolute Gasteiger partial charge is 0.231 e. The van der Waals surface area contributed by atoms with Crippen LogP contribution in [0, 0.1) is 5.92 Å². The van der Waals surface area contributed by atoms with Crippen LogP contribution in [0.25, 0.3) is 11.0 Å². The SMILES string of the molecule is CC(C)C[C@@H](NC(=O)C1(c2ccccc2)CC1)c1nc2ccccc2[nH]1. The number of aromatic nitrogens is 2. The third kappa shape index (κ3) is 3.12. The van der Waals surface area contributed by atoms with Gasteiger partial charge >= 0.3 is 0 Å². The van der Waals surface area contributed by atoms with E-state index in [-0.39, 0.29) is 17.4 Å². The highest BCUT2D eigenvalue weighted by Gasteiger charge is 2.51. The van der Waals surface area contributed by atoms with Gasteiger partial charge in [-0.2, -0.15) is 0 Å². The van der Waals surface area contributed by atoms with Crippen LogP contribution in [0.5, 0.6) is 0 Å². The minimum absolute atomic E-state index is 0.101. The molecule has 2 aromatic carbocycles. The third-order valence-corrected chi connectivity index (χ3v) is 5.26. The zero-order valence-corrected chi connectivity index (χ0v) is 15.3. The van der Waals surface area contributed by atoms with Gasteiger partial charge in [0.15, 0.2) is 0 Å². The molecule has 4 heteroatoms. The van der Waals surface area contributed by atoms with Crippen LogP contribution in [0.2, 0.25) is 0 Å². The van der Waals surface area contributed by atoms with E-state index in [1.807, 2.05) is 42.5 Å². The Morgan fingerprint density at radius 1 is 1.12 bits per heavy atom. The van der Waals surface area contributed by atoms with Crippen LogP contribution in [-0.2, 0) is 10.2 Å².